The lowest BCUT2D eigenvalue weighted by Crippen LogP contribution is -2.49. The van der Waals surface area contributed by atoms with Crippen molar-refractivity contribution < 1.29 is 9.59 Å². The molecule has 31 heavy (non-hydrogen) atoms. The Morgan fingerprint density at radius 2 is 1.87 bits per heavy atom. The first-order valence-corrected chi connectivity index (χ1v) is 11.6. The number of hydrogen-bond donors (Lipinski definition) is 3. The van der Waals surface area contributed by atoms with Crippen LogP contribution in [0.25, 0.3) is 10.6 Å². The number of benzene rings is 2. The largest absolute Gasteiger partial charge is 0.326 e. The van der Waals surface area contributed by atoms with Gasteiger partial charge in [-0.2, -0.15) is 0 Å². The molecule has 0 saturated carbocycles. The Bertz CT molecular complexity index is 1060. The maximum atomic E-state index is 12.9. The Kier molecular flexibility index (Phi) is 8.00. The molecular formula is C21H21BrClN5O2S. The molecule has 1 heterocycles. The van der Waals surface area contributed by atoms with E-state index in [0.29, 0.717) is 27.3 Å². The average molecular weight is 523 g/mol. The van der Waals surface area contributed by atoms with Gasteiger partial charge >= 0.3 is 6.03 Å². The van der Waals surface area contributed by atoms with Gasteiger partial charge in [0, 0.05) is 20.7 Å². The number of hydrogen-bond acceptors (Lipinski definition) is 5. The molecule has 0 aliphatic carbocycles. The van der Waals surface area contributed by atoms with Crippen LogP contribution in [0.1, 0.15) is 20.3 Å². The Morgan fingerprint density at radius 1 is 1.13 bits per heavy atom. The van der Waals surface area contributed by atoms with Crippen molar-refractivity contribution in [1.82, 2.24) is 15.5 Å². The van der Waals surface area contributed by atoms with Crippen molar-refractivity contribution in [2.45, 2.75) is 26.3 Å². The summed E-state index contributed by atoms with van der Waals surface area (Å²) in [5.41, 5.74) is 1.44. The number of anilines is 2. The summed E-state index contributed by atoms with van der Waals surface area (Å²) in [4.78, 5) is 25.4. The number of nitrogens with one attached hydrogen (secondary N) is 3. The highest BCUT2D eigenvalue weighted by atomic mass is 79.9. The van der Waals surface area contributed by atoms with Crippen LogP contribution >= 0.6 is 38.9 Å². The van der Waals surface area contributed by atoms with Gasteiger partial charge in [0.05, 0.1) is 0 Å². The minimum absolute atomic E-state index is 0.0870. The van der Waals surface area contributed by atoms with Gasteiger partial charge in [-0.15, -0.1) is 10.2 Å². The molecule has 2 aromatic carbocycles. The first kappa shape index (κ1) is 23.2. The zero-order valence-corrected chi connectivity index (χ0v) is 20.0. The minimum Gasteiger partial charge on any atom is -0.326 e. The summed E-state index contributed by atoms with van der Waals surface area (Å²) in [6.07, 6.45) is 0.709. The molecule has 3 N–H and O–H groups in total. The average Bonchev–Trinajstić information content (AvgIpc) is 3.21. The lowest BCUT2D eigenvalue weighted by Gasteiger charge is -2.23. The van der Waals surface area contributed by atoms with E-state index in [0.717, 1.165) is 10.0 Å². The lowest BCUT2D eigenvalue weighted by molar-refractivity contribution is -0.119. The topological polar surface area (TPSA) is 96.0 Å². The van der Waals surface area contributed by atoms with E-state index in [1.165, 1.54) is 11.3 Å². The van der Waals surface area contributed by atoms with Crippen LogP contribution in [0.4, 0.5) is 15.6 Å². The summed E-state index contributed by atoms with van der Waals surface area (Å²) < 4.78 is 0.907. The zero-order valence-electron chi connectivity index (χ0n) is 16.9. The minimum atomic E-state index is -0.737. The van der Waals surface area contributed by atoms with Crippen LogP contribution in [-0.4, -0.2) is 28.2 Å². The van der Waals surface area contributed by atoms with Crippen molar-refractivity contribution in [2.24, 2.45) is 5.92 Å². The molecule has 0 aliphatic heterocycles. The molecule has 3 rings (SSSR count). The zero-order chi connectivity index (χ0) is 22.4. The van der Waals surface area contributed by atoms with Crippen LogP contribution in [0.5, 0.6) is 0 Å². The van der Waals surface area contributed by atoms with Crippen molar-refractivity contribution in [2.75, 3.05) is 10.6 Å². The molecule has 1 aromatic heterocycles. The molecule has 7 nitrogen and oxygen atoms in total. The fraction of sp³-hybridized carbons (Fsp3) is 0.238. The Balaban J connectivity index is 1.67. The van der Waals surface area contributed by atoms with Crippen molar-refractivity contribution >= 4 is 61.6 Å². The molecule has 0 aliphatic rings. The second kappa shape index (κ2) is 10.7. The maximum Gasteiger partial charge on any atom is 0.319 e. The second-order valence-corrected chi connectivity index (χ2v) is 9.21. The molecule has 0 fully saturated rings. The van der Waals surface area contributed by atoms with Crippen LogP contribution in [0.3, 0.4) is 0 Å². The Morgan fingerprint density at radius 3 is 2.55 bits per heavy atom. The highest BCUT2D eigenvalue weighted by molar-refractivity contribution is 9.10. The molecule has 3 amide bonds. The normalized spacial score (nSPS) is 12.6. The van der Waals surface area contributed by atoms with Gasteiger partial charge in [-0.1, -0.05) is 71.3 Å². The number of urea groups is 1. The van der Waals surface area contributed by atoms with E-state index in [1.807, 2.05) is 38.1 Å². The second-order valence-electron chi connectivity index (χ2n) is 6.88. The van der Waals surface area contributed by atoms with E-state index in [-0.39, 0.29) is 11.8 Å². The van der Waals surface area contributed by atoms with Crippen LogP contribution in [-0.2, 0) is 4.79 Å². The molecule has 0 saturated heterocycles. The van der Waals surface area contributed by atoms with Crippen molar-refractivity contribution in [1.29, 1.82) is 0 Å². The number of carbonyl (C=O) groups excluding carboxylic acids is 2. The number of carbonyl (C=O) groups is 2. The summed E-state index contributed by atoms with van der Waals surface area (Å²) in [6, 6.07) is 13.2. The van der Waals surface area contributed by atoms with E-state index in [4.69, 9.17) is 11.6 Å². The number of aromatic nitrogens is 2. The third-order valence-electron chi connectivity index (χ3n) is 4.61. The van der Waals surface area contributed by atoms with Gasteiger partial charge in [0.25, 0.3) is 0 Å². The standard InChI is InChI=1S/C21H21BrClN5O2S/c1-3-12(2)17(25-20(30)24-16-9-7-14(22)8-10-16)18(29)26-21-28-27-19(31-21)13-5-4-6-15(23)11-13/h4-12,17H,3H2,1-2H3,(H2,24,25,30)(H,26,28,29)/t12-,17-/m1/s1. The summed E-state index contributed by atoms with van der Waals surface area (Å²) >= 11 is 10.6. The molecule has 10 heteroatoms. The van der Waals surface area contributed by atoms with Crippen LogP contribution < -0.4 is 16.0 Å². The van der Waals surface area contributed by atoms with Gasteiger partial charge in [-0.05, 0) is 42.3 Å². The predicted octanol–water partition coefficient (Wildman–Crippen LogP) is 5.80. The van der Waals surface area contributed by atoms with Crippen LogP contribution in [0.15, 0.2) is 53.0 Å². The first-order chi connectivity index (χ1) is 14.9. The molecule has 0 radical (unpaired) electrons. The predicted molar refractivity (Wildman–Crippen MR) is 129 cm³/mol. The molecule has 2 atom stereocenters. The van der Waals surface area contributed by atoms with E-state index >= 15 is 0 Å². The van der Waals surface area contributed by atoms with Crippen molar-refractivity contribution in [3.8, 4) is 10.6 Å². The number of rotatable bonds is 7. The number of amides is 3. The highest BCUT2D eigenvalue weighted by Gasteiger charge is 2.27. The maximum absolute atomic E-state index is 12.9. The third-order valence-corrected chi connectivity index (χ3v) is 6.26. The van der Waals surface area contributed by atoms with E-state index in [2.05, 4.69) is 42.1 Å². The highest BCUT2D eigenvalue weighted by Crippen LogP contribution is 2.28. The molecule has 0 unspecified atom stereocenters. The fourth-order valence-corrected chi connectivity index (χ4v) is 3.94. The van der Waals surface area contributed by atoms with Gasteiger partial charge in [-0.25, -0.2) is 4.79 Å². The molecule has 3 aromatic rings. The van der Waals surface area contributed by atoms with Crippen LogP contribution in [0.2, 0.25) is 5.02 Å². The SMILES string of the molecule is CC[C@@H](C)[C@@H](NC(=O)Nc1ccc(Br)cc1)C(=O)Nc1nnc(-c2cccc(Cl)c2)s1. The molecule has 0 spiro atoms. The van der Waals surface area contributed by atoms with Gasteiger partial charge in [-0.3, -0.25) is 10.1 Å². The van der Waals surface area contributed by atoms with Gasteiger partial charge in [0.15, 0.2) is 0 Å². The summed E-state index contributed by atoms with van der Waals surface area (Å²) in [5, 5.41) is 18.0. The van der Waals surface area contributed by atoms with Gasteiger partial charge in [0.1, 0.15) is 11.0 Å². The van der Waals surface area contributed by atoms with Crippen LogP contribution in [0, 0.1) is 5.92 Å². The van der Waals surface area contributed by atoms with Gasteiger partial charge in [0.2, 0.25) is 11.0 Å². The fourth-order valence-electron chi connectivity index (χ4n) is 2.74. The number of halogens is 2. The quantitative estimate of drug-likeness (QED) is 0.366. The summed E-state index contributed by atoms with van der Waals surface area (Å²) in [5.74, 6) is -0.440. The Hall–Kier alpha value is -2.49. The number of nitrogens with zero attached hydrogens (tertiary/aromatic N) is 2. The molecular weight excluding hydrogens is 502 g/mol. The smallest absolute Gasteiger partial charge is 0.319 e. The monoisotopic (exact) mass is 521 g/mol. The summed E-state index contributed by atoms with van der Waals surface area (Å²) in [6.45, 7) is 3.86. The van der Waals surface area contributed by atoms with Crippen molar-refractivity contribution in [3.63, 3.8) is 0 Å². The van der Waals surface area contributed by atoms with Crippen molar-refractivity contribution in [3.05, 3.63) is 58.0 Å². The van der Waals surface area contributed by atoms with E-state index in [9.17, 15) is 9.59 Å². The lowest BCUT2D eigenvalue weighted by atomic mass is 9.98. The molecule has 0 bridgehead atoms. The van der Waals surface area contributed by atoms with E-state index in [1.54, 1.807) is 24.3 Å². The first-order valence-electron chi connectivity index (χ1n) is 9.59. The van der Waals surface area contributed by atoms with Gasteiger partial charge < -0.3 is 10.6 Å². The Labute approximate surface area is 197 Å². The summed E-state index contributed by atoms with van der Waals surface area (Å²) in [7, 11) is 0. The van der Waals surface area contributed by atoms with E-state index < -0.39 is 12.1 Å². The molecule has 162 valence electrons. The third kappa shape index (κ3) is 6.49.